The zero-order valence-electron chi connectivity index (χ0n) is 10.6. The van der Waals surface area contributed by atoms with Crippen molar-refractivity contribution in [3.05, 3.63) is 29.0 Å². The number of piperidine rings is 1. The molecule has 5 nitrogen and oxygen atoms in total. The summed E-state index contributed by atoms with van der Waals surface area (Å²) >= 11 is 1.59. The van der Waals surface area contributed by atoms with Crippen molar-refractivity contribution in [2.24, 2.45) is 0 Å². The maximum absolute atomic E-state index is 5.65. The van der Waals surface area contributed by atoms with E-state index in [0.717, 1.165) is 19.6 Å². The molecule has 3 rings (SSSR count). The van der Waals surface area contributed by atoms with Crippen molar-refractivity contribution in [2.45, 2.75) is 25.3 Å². The van der Waals surface area contributed by atoms with Gasteiger partial charge in [-0.05, 0) is 37.4 Å². The topological polar surface area (TPSA) is 70.8 Å². The molecule has 0 atom stereocenters. The highest BCUT2D eigenvalue weighted by Crippen LogP contribution is 2.28. The van der Waals surface area contributed by atoms with E-state index in [1.807, 2.05) is 18.6 Å². The Kier molecular flexibility index (Phi) is 4.79. The molecule has 3 heterocycles. The van der Waals surface area contributed by atoms with Crippen molar-refractivity contribution in [2.75, 3.05) is 18.8 Å². The fourth-order valence-corrected chi connectivity index (χ4v) is 3.25. The predicted molar refractivity (Wildman–Crippen MR) is 79.6 cm³/mol. The molecule has 104 valence electrons. The van der Waals surface area contributed by atoms with E-state index in [4.69, 9.17) is 5.73 Å². The van der Waals surface area contributed by atoms with Crippen LogP contribution in [0.1, 0.15) is 29.2 Å². The van der Waals surface area contributed by atoms with Gasteiger partial charge in [-0.15, -0.1) is 23.7 Å². The highest BCUT2D eigenvalue weighted by atomic mass is 35.5. The second-order valence-corrected chi connectivity index (χ2v) is 5.89. The number of hydrogen-bond acceptors (Lipinski definition) is 5. The fourth-order valence-electron chi connectivity index (χ4n) is 2.52. The van der Waals surface area contributed by atoms with E-state index in [1.165, 1.54) is 23.3 Å². The number of halogens is 1. The van der Waals surface area contributed by atoms with Gasteiger partial charge in [-0.25, -0.2) is 4.98 Å². The standard InChI is InChI=1S/C12H17N5S.ClH/c13-12-14-7-11(18-12)8-17-3-1-9(2-4-17)10-5-15-16-6-10;/h5-7,9H,1-4,8H2,(H2,13,14)(H,15,16);1H. The van der Waals surface area contributed by atoms with Crippen LogP contribution in [0.15, 0.2) is 18.6 Å². The summed E-state index contributed by atoms with van der Waals surface area (Å²) < 4.78 is 0. The van der Waals surface area contributed by atoms with Crippen LogP contribution in [0.2, 0.25) is 0 Å². The summed E-state index contributed by atoms with van der Waals surface area (Å²) in [6, 6.07) is 0. The molecular formula is C12H18ClN5S. The number of hydrogen-bond donors (Lipinski definition) is 2. The molecule has 0 radical (unpaired) electrons. The normalized spacial score (nSPS) is 17.3. The molecule has 2 aromatic rings. The Morgan fingerprint density at radius 1 is 1.37 bits per heavy atom. The van der Waals surface area contributed by atoms with E-state index in [0.29, 0.717) is 11.0 Å². The fraction of sp³-hybridized carbons (Fsp3) is 0.500. The minimum Gasteiger partial charge on any atom is -0.375 e. The van der Waals surface area contributed by atoms with E-state index < -0.39 is 0 Å². The Hall–Kier alpha value is -1.11. The Labute approximate surface area is 122 Å². The smallest absolute Gasteiger partial charge is 0.180 e. The third-order valence-corrected chi connectivity index (χ3v) is 4.34. The van der Waals surface area contributed by atoms with Crippen molar-refractivity contribution in [3.8, 4) is 0 Å². The van der Waals surface area contributed by atoms with Crippen LogP contribution in [0, 0.1) is 0 Å². The van der Waals surface area contributed by atoms with Gasteiger partial charge in [-0.1, -0.05) is 0 Å². The summed E-state index contributed by atoms with van der Waals surface area (Å²) in [6.45, 7) is 3.24. The number of nitrogens with zero attached hydrogens (tertiary/aromatic N) is 3. The van der Waals surface area contributed by atoms with E-state index in [9.17, 15) is 0 Å². The monoisotopic (exact) mass is 299 g/mol. The molecule has 0 bridgehead atoms. The van der Waals surface area contributed by atoms with E-state index >= 15 is 0 Å². The van der Waals surface area contributed by atoms with Crippen LogP contribution < -0.4 is 5.73 Å². The van der Waals surface area contributed by atoms with Crippen LogP contribution in [0.4, 0.5) is 5.13 Å². The van der Waals surface area contributed by atoms with Crippen molar-refractivity contribution in [3.63, 3.8) is 0 Å². The number of likely N-dealkylation sites (tertiary alicyclic amines) is 1. The molecule has 0 amide bonds. The van der Waals surface area contributed by atoms with Crippen LogP contribution in [0.25, 0.3) is 0 Å². The number of H-pyrrole nitrogens is 1. The molecule has 0 saturated carbocycles. The largest absolute Gasteiger partial charge is 0.375 e. The zero-order chi connectivity index (χ0) is 12.4. The Morgan fingerprint density at radius 3 is 2.74 bits per heavy atom. The molecule has 3 N–H and O–H groups in total. The lowest BCUT2D eigenvalue weighted by atomic mass is 9.91. The molecule has 0 spiro atoms. The van der Waals surface area contributed by atoms with Crippen molar-refractivity contribution < 1.29 is 0 Å². The first-order valence-corrected chi connectivity index (χ1v) is 7.04. The second kappa shape index (κ2) is 6.36. The molecule has 0 unspecified atom stereocenters. The summed E-state index contributed by atoms with van der Waals surface area (Å²) in [5.41, 5.74) is 6.99. The van der Waals surface area contributed by atoms with Gasteiger partial charge in [0.05, 0.1) is 6.20 Å². The van der Waals surface area contributed by atoms with Crippen LogP contribution in [0.3, 0.4) is 0 Å². The van der Waals surface area contributed by atoms with Gasteiger partial charge >= 0.3 is 0 Å². The molecule has 1 aliphatic rings. The SMILES string of the molecule is Cl.Nc1ncc(CN2CCC(c3cn[nH]c3)CC2)s1. The van der Waals surface area contributed by atoms with E-state index in [-0.39, 0.29) is 12.4 Å². The Bertz CT molecular complexity index is 490. The molecule has 7 heteroatoms. The summed E-state index contributed by atoms with van der Waals surface area (Å²) in [5.74, 6) is 0.659. The minimum atomic E-state index is 0. The number of aromatic nitrogens is 3. The van der Waals surface area contributed by atoms with Crippen LogP contribution in [0.5, 0.6) is 0 Å². The summed E-state index contributed by atoms with van der Waals surface area (Å²) in [5, 5.41) is 7.59. The van der Waals surface area contributed by atoms with Gasteiger partial charge in [0.15, 0.2) is 5.13 Å². The molecular weight excluding hydrogens is 282 g/mol. The van der Waals surface area contributed by atoms with Gasteiger partial charge in [-0.3, -0.25) is 10.00 Å². The highest BCUT2D eigenvalue weighted by molar-refractivity contribution is 7.15. The number of aromatic amines is 1. The quantitative estimate of drug-likeness (QED) is 0.912. The third kappa shape index (κ3) is 3.46. The van der Waals surface area contributed by atoms with E-state index in [1.54, 1.807) is 11.3 Å². The zero-order valence-corrected chi connectivity index (χ0v) is 12.2. The minimum absolute atomic E-state index is 0. The molecule has 19 heavy (non-hydrogen) atoms. The first-order chi connectivity index (χ1) is 8.81. The number of rotatable bonds is 3. The maximum atomic E-state index is 5.65. The third-order valence-electron chi connectivity index (χ3n) is 3.53. The predicted octanol–water partition coefficient (Wildman–Crippen LogP) is 2.25. The second-order valence-electron chi connectivity index (χ2n) is 4.75. The number of nitrogens with one attached hydrogen (secondary N) is 1. The van der Waals surface area contributed by atoms with Crippen LogP contribution >= 0.6 is 23.7 Å². The Balaban J connectivity index is 0.00000133. The van der Waals surface area contributed by atoms with Crippen molar-refractivity contribution >= 4 is 28.9 Å². The van der Waals surface area contributed by atoms with Gasteiger partial charge in [0.2, 0.25) is 0 Å². The van der Waals surface area contributed by atoms with Crippen LogP contribution in [-0.4, -0.2) is 33.2 Å². The van der Waals surface area contributed by atoms with Crippen molar-refractivity contribution in [1.29, 1.82) is 0 Å². The maximum Gasteiger partial charge on any atom is 0.180 e. The molecule has 0 aliphatic carbocycles. The number of thiazole rings is 1. The van der Waals surface area contributed by atoms with E-state index in [2.05, 4.69) is 20.1 Å². The first-order valence-electron chi connectivity index (χ1n) is 6.22. The molecule has 2 aromatic heterocycles. The van der Waals surface area contributed by atoms with Crippen LogP contribution in [-0.2, 0) is 6.54 Å². The summed E-state index contributed by atoms with van der Waals surface area (Å²) in [4.78, 5) is 7.83. The van der Waals surface area contributed by atoms with Gasteiger partial charge in [0.1, 0.15) is 0 Å². The molecule has 0 aromatic carbocycles. The number of nitrogen functional groups attached to an aromatic ring is 1. The lowest BCUT2D eigenvalue weighted by Gasteiger charge is -2.31. The average molecular weight is 300 g/mol. The lowest BCUT2D eigenvalue weighted by Crippen LogP contribution is -2.32. The van der Waals surface area contributed by atoms with Gasteiger partial charge in [0, 0.05) is 23.8 Å². The Morgan fingerprint density at radius 2 is 2.16 bits per heavy atom. The van der Waals surface area contributed by atoms with Gasteiger partial charge in [-0.2, -0.15) is 5.10 Å². The average Bonchev–Trinajstić information content (AvgIpc) is 3.02. The lowest BCUT2D eigenvalue weighted by molar-refractivity contribution is 0.206. The molecule has 1 saturated heterocycles. The summed E-state index contributed by atoms with van der Waals surface area (Å²) in [7, 11) is 0. The van der Waals surface area contributed by atoms with Crippen molar-refractivity contribution in [1.82, 2.24) is 20.1 Å². The number of nitrogens with two attached hydrogens (primary N) is 1. The molecule has 1 fully saturated rings. The summed E-state index contributed by atoms with van der Waals surface area (Å²) in [6.07, 6.45) is 8.26. The first kappa shape index (κ1) is 14.3. The van der Waals surface area contributed by atoms with Gasteiger partial charge < -0.3 is 5.73 Å². The highest BCUT2D eigenvalue weighted by Gasteiger charge is 2.21. The molecule has 1 aliphatic heterocycles. The number of anilines is 1. The van der Waals surface area contributed by atoms with Gasteiger partial charge in [0.25, 0.3) is 0 Å².